The van der Waals surface area contributed by atoms with Crippen molar-refractivity contribution in [1.82, 2.24) is 10.2 Å². The number of carbonyl (C=O) groups excluding carboxylic acids is 3. The number of likely N-dealkylation sites (tertiary alicyclic amines) is 1. The van der Waals surface area contributed by atoms with Crippen molar-refractivity contribution in [3.8, 4) is 0 Å². The van der Waals surface area contributed by atoms with Crippen LogP contribution in [0.5, 0.6) is 0 Å². The molecule has 6 nitrogen and oxygen atoms in total. The maximum atomic E-state index is 14.0. The van der Waals surface area contributed by atoms with Gasteiger partial charge in [0, 0.05) is 23.8 Å². The van der Waals surface area contributed by atoms with Crippen LogP contribution in [0, 0.1) is 23.6 Å². The van der Waals surface area contributed by atoms with E-state index in [1.54, 1.807) is 0 Å². The van der Waals surface area contributed by atoms with E-state index in [1.807, 2.05) is 13.8 Å². The zero-order valence-electron chi connectivity index (χ0n) is 14.6. The van der Waals surface area contributed by atoms with E-state index in [2.05, 4.69) is 17.2 Å². The molecule has 0 unspecified atom stereocenters. The lowest BCUT2D eigenvalue weighted by molar-refractivity contribution is -0.142. The van der Waals surface area contributed by atoms with Gasteiger partial charge >= 0.3 is 0 Å². The molecule has 1 spiro atoms. The zero-order valence-corrected chi connectivity index (χ0v) is 14.6. The molecule has 1 aromatic rings. The molecule has 0 saturated carbocycles. The summed E-state index contributed by atoms with van der Waals surface area (Å²) in [5, 5.41) is 5.99. The molecule has 4 atom stereocenters. The van der Waals surface area contributed by atoms with Crippen molar-refractivity contribution in [2.45, 2.75) is 25.4 Å². The van der Waals surface area contributed by atoms with Crippen molar-refractivity contribution in [1.29, 1.82) is 0 Å². The summed E-state index contributed by atoms with van der Waals surface area (Å²) in [5.41, 5.74) is -0.573. The minimum absolute atomic E-state index is 0.00714. The Morgan fingerprint density at radius 1 is 1.31 bits per heavy atom. The van der Waals surface area contributed by atoms with E-state index < -0.39 is 35.0 Å². The zero-order chi connectivity index (χ0) is 18.8. The topological polar surface area (TPSA) is 78.5 Å². The number of rotatable bonds is 3. The lowest BCUT2D eigenvalue weighted by Gasteiger charge is -2.30. The van der Waals surface area contributed by atoms with Crippen molar-refractivity contribution >= 4 is 23.4 Å². The van der Waals surface area contributed by atoms with Crippen LogP contribution in [0.25, 0.3) is 0 Å². The lowest BCUT2D eigenvalue weighted by atomic mass is 9.76. The number of benzene rings is 1. The number of carbonyl (C=O) groups is 3. The summed E-state index contributed by atoms with van der Waals surface area (Å²) in [5.74, 6) is -3.19. The summed E-state index contributed by atoms with van der Waals surface area (Å²) in [6.45, 7) is 7.57. The summed E-state index contributed by atoms with van der Waals surface area (Å²) in [6.07, 6.45) is 1.49. The van der Waals surface area contributed by atoms with E-state index in [1.165, 1.54) is 24.3 Å². The van der Waals surface area contributed by atoms with Gasteiger partial charge in [-0.05, 0) is 24.1 Å². The van der Waals surface area contributed by atoms with Gasteiger partial charge in [0.2, 0.25) is 17.7 Å². The van der Waals surface area contributed by atoms with E-state index in [0.717, 1.165) is 4.90 Å². The van der Waals surface area contributed by atoms with Crippen molar-refractivity contribution in [3.63, 3.8) is 0 Å². The molecule has 2 saturated heterocycles. The molecule has 0 bridgehead atoms. The van der Waals surface area contributed by atoms with Gasteiger partial charge in [0.25, 0.3) is 0 Å². The Morgan fingerprint density at radius 3 is 2.69 bits per heavy atom. The fourth-order valence-electron chi connectivity index (χ4n) is 4.65. The second kappa shape index (κ2) is 5.48. The third-order valence-electron chi connectivity index (χ3n) is 5.73. The van der Waals surface area contributed by atoms with E-state index in [4.69, 9.17) is 0 Å². The average molecular weight is 357 g/mol. The van der Waals surface area contributed by atoms with Gasteiger partial charge in [0.05, 0.1) is 11.8 Å². The van der Waals surface area contributed by atoms with Crippen LogP contribution in [0.4, 0.5) is 10.1 Å². The average Bonchev–Trinajstić information content (AvgIpc) is 3.17. The summed E-state index contributed by atoms with van der Waals surface area (Å²) in [6, 6.07) is 3.65. The van der Waals surface area contributed by atoms with Crippen LogP contribution in [0.15, 0.2) is 30.9 Å². The molecule has 3 amide bonds. The lowest BCUT2D eigenvalue weighted by Crippen LogP contribution is -2.54. The number of nitrogens with zero attached hydrogens (tertiary/aromatic N) is 1. The van der Waals surface area contributed by atoms with Crippen LogP contribution >= 0.6 is 0 Å². The van der Waals surface area contributed by atoms with Gasteiger partial charge in [-0.2, -0.15) is 0 Å². The molecule has 7 heteroatoms. The smallest absolute Gasteiger partial charge is 0.250 e. The summed E-state index contributed by atoms with van der Waals surface area (Å²) < 4.78 is 14.0. The minimum atomic E-state index is -1.43. The van der Waals surface area contributed by atoms with Crippen LogP contribution in [0.2, 0.25) is 0 Å². The first kappa shape index (κ1) is 16.9. The number of hydrogen-bond donors (Lipinski definition) is 2. The Kier molecular flexibility index (Phi) is 3.56. The first-order chi connectivity index (χ1) is 12.3. The van der Waals surface area contributed by atoms with Crippen LogP contribution in [-0.2, 0) is 19.9 Å². The molecule has 3 heterocycles. The molecular weight excluding hydrogens is 337 g/mol. The summed E-state index contributed by atoms with van der Waals surface area (Å²) in [7, 11) is 0. The maximum Gasteiger partial charge on any atom is 0.250 e. The quantitative estimate of drug-likeness (QED) is 0.633. The fraction of sp³-hybridized carbons (Fsp3) is 0.421. The van der Waals surface area contributed by atoms with E-state index in [0.29, 0.717) is 11.3 Å². The second-order valence-corrected chi connectivity index (χ2v) is 7.45. The van der Waals surface area contributed by atoms with Gasteiger partial charge in [-0.25, -0.2) is 4.39 Å². The van der Waals surface area contributed by atoms with Gasteiger partial charge in [0.15, 0.2) is 0 Å². The number of anilines is 1. The van der Waals surface area contributed by atoms with Gasteiger partial charge in [-0.15, -0.1) is 6.58 Å². The van der Waals surface area contributed by atoms with Crippen LogP contribution < -0.4 is 10.6 Å². The van der Waals surface area contributed by atoms with Gasteiger partial charge in [0.1, 0.15) is 11.4 Å². The van der Waals surface area contributed by atoms with Crippen molar-refractivity contribution in [3.05, 3.63) is 42.2 Å². The van der Waals surface area contributed by atoms with E-state index in [-0.39, 0.29) is 24.4 Å². The van der Waals surface area contributed by atoms with E-state index in [9.17, 15) is 18.8 Å². The molecule has 0 radical (unpaired) electrons. The largest absolute Gasteiger partial charge is 0.324 e. The molecule has 136 valence electrons. The first-order valence-electron chi connectivity index (χ1n) is 8.68. The molecule has 0 aromatic heterocycles. The number of amides is 3. The van der Waals surface area contributed by atoms with Gasteiger partial charge in [-0.1, -0.05) is 19.9 Å². The van der Waals surface area contributed by atoms with Crippen molar-refractivity contribution < 1.29 is 18.8 Å². The van der Waals surface area contributed by atoms with E-state index >= 15 is 0 Å². The molecule has 3 aliphatic heterocycles. The Hall–Kier alpha value is -2.54. The number of fused-ring (bicyclic) bond motifs is 4. The third-order valence-corrected chi connectivity index (χ3v) is 5.73. The molecule has 2 fully saturated rings. The number of hydrogen-bond acceptors (Lipinski definition) is 4. The van der Waals surface area contributed by atoms with Gasteiger partial charge in [-0.3, -0.25) is 24.6 Å². The molecule has 4 rings (SSSR count). The number of nitrogens with one attached hydrogen (secondary N) is 2. The van der Waals surface area contributed by atoms with Crippen LogP contribution in [-0.4, -0.2) is 35.2 Å². The Balaban J connectivity index is 1.92. The SMILES string of the molecule is C=CCN1C(=O)[C@H]2[C@@H](C(C)C)N[C@]3(C(=O)Nc4ccc(F)cc43)[C@@H]2C1=O. The monoisotopic (exact) mass is 357 g/mol. The van der Waals surface area contributed by atoms with Crippen molar-refractivity contribution in [2.75, 3.05) is 11.9 Å². The Morgan fingerprint density at radius 2 is 2.04 bits per heavy atom. The Labute approximate surface area is 150 Å². The maximum absolute atomic E-state index is 14.0. The summed E-state index contributed by atoms with van der Waals surface area (Å²) in [4.78, 5) is 40.2. The normalized spacial score (nSPS) is 32.4. The minimum Gasteiger partial charge on any atom is -0.324 e. The predicted molar refractivity (Wildman–Crippen MR) is 92.4 cm³/mol. The molecule has 3 aliphatic rings. The fourth-order valence-corrected chi connectivity index (χ4v) is 4.65. The second-order valence-electron chi connectivity index (χ2n) is 7.45. The van der Waals surface area contributed by atoms with Crippen LogP contribution in [0.1, 0.15) is 19.4 Å². The predicted octanol–water partition coefficient (Wildman–Crippen LogP) is 1.39. The molecule has 2 N–H and O–H groups in total. The third kappa shape index (κ3) is 1.92. The Bertz CT molecular complexity index is 852. The molecule has 1 aromatic carbocycles. The van der Waals surface area contributed by atoms with Crippen LogP contribution in [0.3, 0.4) is 0 Å². The highest BCUT2D eigenvalue weighted by Gasteiger charge is 2.70. The number of halogens is 1. The highest BCUT2D eigenvalue weighted by molar-refractivity contribution is 6.15. The summed E-state index contributed by atoms with van der Waals surface area (Å²) >= 11 is 0. The first-order valence-corrected chi connectivity index (χ1v) is 8.68. The molecule has 26 heavy (non-hydrogen) atoms. The number of imide groups is 1. The highest BCUT2D eigenvalue weighted by Crippen LogP contribution is 2.53. The molecular formula is C19H20FN3O3. The van der Waals surface area contributed by atoms with Crippen molar-refractivity contribution in [2.24, 2.45) is 17.8 Å². The standard InChI is InChI=1S/C19H20FN3O3/c1-4-7-23-16(24)13-14(17(23)25)19(22-15(13)9(2)3)11-8-10(20)5-6-12(11)21-18(19)26/h4-6,8-9,13-15,22H,1,7H2,2-3H3,(H,21,26)/t13-,14+,15-,19+/m1/s1. The highest BCUT2D eigenvalue weighted by atomic mass is 19.1. The molecule has 0 aliphatic carbocycles. The van der Waals surface area contributed by atoms with Gasteiger partial charge < -0.3 is 5.32 Å².